The zero-order valence-corrected chi connectivity index (χ0v) is 13.3. The molecule has 1 fully saturated rings. The first kappa shape index (κ1) is 16.2. The second kappa shape index (κ2) is 7.22. The molecule has 6 nitrogen and oxygen atoms in total. The Hall–Kier alpha value is -2.15. The van der Waals surface area contributed by atoms with E-state index in [0.29, 0.717) is 5.69 Å². The molecule has 1 aromatic carbocycles. The highest BCUT2D eigenvalue weighted by atomic mass is 32.2. The Morgan fingerprint density at radius 2 is 1.50 bits per heavy atom. The molecule has 0 bridgehead atoms. The van der Waals surface area contributed by atoms with E-state index in [2.05, 4.69) is 14.7 Å². The normalized spacial score (nSPS) is 13.5. The standard InChI is InChI=1S/C11H12N4O2S.C4H8/c1-8-6-13-11(14-7-8)15-18(16,17)10-4-2-9(12)3-5-10;1-2-4-3-1/h2-7H,12H2,1H3,(H,13,14,15);1-4H2. The first-order valence-electron chi connectivity index (χ1n) is 7.14. The molecule has 0 radical (unpaired) electrons. The SMILES string of the molecule is C1CCC1.Cc1cnc(NS(=O)(=O)c2ccc(N)cc2)nc1. The molecule has 3 N–H and O–H groups in total. The summed E-state index contributed by atoms with van der Waals surface area (Å²) in [5, 5.41) is 0. The van der Waals surface area contributed by atoms with Crippen LogP contribution in [-0.4, -0.2) is 18.4 Å². The molecule has 118 valence electrons. The highest BCUT2D eigenvalue weighted by Gasteiger charge is 2.14. The lowest BCUT2D eigenvalue weighted by atomic mass is 10.0. The number of nitrogens with two attached hydrogens (primary N) is 1. The molecule has 0 aliphatic heterocycles. The van der Waals surface area contributed by atoms with Gasteiger partial charge >= 0.3 is 0 Å². The Kier molecular flexibility index (Phi) is 5.32. The lowest BCUT2D eigenvalue weighted by molar-refractivity contribution is 0.504. The van der Waals surface area contributed by atoms with Crippen molar-refractivity contribution in [3.63, 3.8) is 0 Å². The molecule has 1 aliphatic rings. The maximum absolute atomic E-state index is 12.0. The summed E-state index contributed by atoms with van der Waals surface area (Å²) < 4.78 is 26.2. The summed E-state index contributed by atoms with van der Waals surface area (Å²) in [6.45, 7) is 1.82. The van der Waals surface area contributed by atoms with E-state index in [1.165, 1.54) is 62.3 Å². The topological polar surface area (TPSA) is 98.0 Å². The number of aryl methyl sites for hydroxylation is 1. The number of hydrogen-bond acceptors (Lipinski definition) is 5. The quantitative estimate of drug-likeness (QED) is 0.847. The van der Waals surface area contributed by atoms with Crippen molar-refractivity contribution < 1.29 is 8.42 Å². The fraction of sp³-hybridized carbons (Fsp3) is 0.333. The van der Waals surface area contributed by atoms with Crippen LogP contribution < -0.4 is 10.5 Å². The summed E-state index contributed by atoms with van der Waals surface area (Å²) in [6.07, 6.45) is 9.07. The van der Waals surface area contributed by atoms with Crippen molar-refractivity contribution in [2.45, 2.75) is 37.5 Å². The predicted octanol–water partition coefficient (Wildman–Crippen LogP) is 2.73. The van der Waals surface area contributed by atoms with E-state index < -0.39 is 10.0 Å². The van der Waals surface area contributed by atoms with Crippen LogP contribution in [0.5, 0.6) is 0 Å². The molecule has 7 heteroatoms. The maximum atomic E-state index is 12.0. The average Bonchev–Trinajstić information content (AvgIpc) is 2.40. The Morgan fingerprint density at radius 3 is 1.95 bits per heavy atom. The Labute approximate surface area is 130 Å². The van der Waals surface area contributed by atoms with E-state index in [-0.39, 0.29) is 10.8 Å². The minimum atomic E-state index is -3.67. The van der Waals surface area contributed by atoms with Crippen molar-refractivity contribution in [3.8, 4) is 0 Å². The van der Waals surface area contributed by atoms with Crippen LogP contribution >= 0.6 is 0 Å². The van der Waals surface area contributed by atoms with Crippen LogP contribution in [0.3, 0.4) is 0 Å². The zero-order chi connectivity index (χ0) is 16.0. The van der Waals surface area contributed by atoms with E-state index in [0.717, 1.165) is 5.56 Å². The molecule has 0 saturated heterocycles. The summed E-state index contributed by atoms with van der Waals surface area (Å²) in [5.41, 5.74) is 6.85. The first-order valence-corrected chi connectivity index (χ1v) is 8.63. The number of nitrogens with one attached hydrogen (secondary N) is 1. The number of hydrogen-bond donors (Lipinski definition) is 2. The van der Waals surface area contributed by atoms with Gasteiger partial charge in [-0.15, -0.1) is 0 Å². The van der Waals surface area contributed by atoms with Gasteiger partial charge in [-0.1, -0.05) is 25.7 Å². The molecule has 3 rings (SSSR count). The van der Waals surface area contributed by atoms with Crippen LogP contribution in [0.25, 0.3) is 0 Å². The summed E-state index contributed by atoms with van der Waals surface area (Å²) >= 11 is 0. The van der Waals surface area contributed by atoms with Crippen molar-refractivity contribution in [2.75, 3.05) is 10.5 Å². The Balaban J connectivity index is 0.000000381. The van der Waals surface area contributed by atoms with Gasteiger partial charge in [0.05, 0.1) is 4.90 Å². The summed E-state index contributed by atoms with van der Waals surface area (Å²) in [6, 6.07) is 5.88. The van der Waals surface area contributed by atoms with Crippen LogP contribution in [0.15, 0.2) is 41.6 Å². The molecular weight excluding hydrogens is 300 g/mol. The van der Waals surface area contributed by atoms with Gasteiger partial charge in [-0.25, -0.2) is 23.1 Å². The zero-order valence-electron chi connectivity index (χ0n) is 12.5. The highest BCUT2D eigenvalue weighted by Crippen LogP contribution is 2.15. The number of aromatic nitrogens is 2. The molecule has 0 spiro atoms. The number of sulfonamides is 1. The van der Waals surface area contributed by atoms with Crippen molar-refractivity contribution in [3.05, 3.63) is 42.2 Å². The number of rotatable bonds is 3. The first-order chi connectivity index (χ1) is 10.5. The van der Waals surface area contributed by atoms with E-state index in [1.54, 1.807) is 0 Å². The van der Waals surface area contributed by atoms with Gasteiger partial charge in [0.1, 0.15) is 0 Å². The summed E-state index contributed by atoms with van der Waals surface area (Å²) in [7, 11) is -3.67. The van der Waals surface area contributed by atoms with Gasteiger partial charge in [0.25, 0.3) is 10.0 Å². The number of benzene rings is 1. The third-order valence-corrected chi connectivity index (χ3v) is 4.54. The lowest BCUT2D eigenvalue weighted by Gasteiger charge is -2.06. The van der Waals surface area contributed by atoms with Gasteiger partial charge in [0, 0.05) is 18.1 Å². The van der Waals surface area contributed by atoms with E-state index in [4.69, 9.17) is 5.73 Å². The summed E-state index contributed by atoms with van der Waals surface area (Å²) in [5.74, 6) is 0.0393. The smallest absolute Gasteiger partial charge is 0.264 e. The van der Waals surface area contributed by atoms with Crippen molar-refractivity contribution in [1.82, 2.24) is 9.97 Å². The molecule has 0 unspecified atom stereocenters. The molecule has 1 saturated carbocycles. The predicted molar refractivity (Wildman–Crippen MR) is 86.9 cm³/mol. The third kappa shape index (κ3) is 4.70. The molecule has 1 aliphatic carbocycles. The minimum absolute atomic E-state index is 0.0393. The van der Waals surface area contributed by atoms with Gasteiger partial charge in [-0.2, -0.15) is 0 Å². The molecule has 2 aromatic rings. The molecule has 1 heterocycles. The maximum Gasteiger partial charge on any atom is 0.264 e. The van der Waals surface area contributed by atoms with Gasteiger partial charge < -0.3 is 5.73 Å². The van der Waals surface area contributed by atoms with Crippen LogP contribution in [0.4, 0.5) is 11.6 Å². The summed E-state index contributed by atoms with van der Waals surface area (Å²) in [4.78, 5) is 7.87. The van der Waals surface area contributed by atoms with Crippen molar-refractivity contribution >= 4 is 21.7 Å². The van der Waals surface area contributed by atoms with Gasteiger partial charge in [-0.05, 0) is 36.8 Å². The molecule has 0 amide bonds. The van der Waals surface area contributed by atoms with Crippen molar-refractivity contribution in [2.24, 2.45) is 0 Å². The van der Waals surface area contributed by atoms with Crippen LogP contribution in [0.2, 0.25) is 0 Å². The fourth-order valence-electron chi connectivity index (χ4n) is 1.52. The van der Waals surface area contributed by atoms with Gasteiger partial charge in [0.15, 0.2) is 0 Å². The van der Waals surface area contributed by atoms with Crippen molar-refractivity contribution in [1.29, 1.82) is 0 Å². The second-order valence-electron chi connectivity index (χ2n) is 5.17. The van der Waals surface area contributed by atoms with Crippen LogP contribution in [-0.2, 0) is 10.0 Å². The number of nitrogen functional groups attached to an aromatic ring is 1. The lowest BCUT2D eigenvalue weighted by Crippen LogP contribution is -2.15. The minimum Gasteiger partial charge on any atom is -0.399 e. The number of anilines is 2. The largest absolute Gasteiger partial charge is 0.399 e. The van der Waals surface area contributed by atoms with Gasteiger partial charge in [-0.3, -0.25) is 0 Å². The number of nitrogens with zero attached hydrogens (tertiary/aromatic N) is 2. The third-order valence-electron chi connectivity index (χ3n) is 3.20. The van der Waals surface area contributed by atoms with E-state index in [1.807, 2.05) is 6.92 Å². The van der Waals surface area contributed by atoms with Crippen LogP contribution in [0, 0.1) is 6.92 Å². The monoisotopic (exact) mass is 320 g/mol. The molecule has 0 atom stereocenters. The highest BCUT2D eigenvalue weighted by molar-refractivity contribution is 7.92. The Bertz CT molecular complexity index is 689. The fourth-order valence-corrected chi connectivity index (χ4v) is 2.48. The van der Waals surface area contributed by atoms with E-state index in [9.17, 15) is 8.42 Å². The Morgan fingerprint density at radius 1 is 1.00 bits per heavy atom. The second-order valence-corrected chi connectivity index (χ2v) is 6.86. The molecular formula is C15H20N4O2S. The van der Waals surface area contributed by atoms with Gasteiger partial charge in [0.2, 0.25) is 5.95 Å². The van der Waals surface area contributed by atoms with E-state index >= 15 is 0 Å². The van der Waals surface area contributed by atoms with Crippen LogP contribution in [0.1, 0.15) is 31.2 Å². The molecule has 22 heavy (non-hydrogen) atoms. The average molecular weight is 320 g/mol. The molecule has 1 aromatic heterocycles.